The first-order chi connectivity index (χ1) is 12.7. The largest absolute Gasteiger partial charge is 0.494 e. The highest BCUT2D eigenvalue weighted by molar-refractivity contribution is 5.90. The van der Waals surface area contributed by atoms with Crippen molar-refractivity contribution < 1.29 is 14.5 Å². The van der Waals surface area contributed by atoms with Crippen LogP contribution in [0, 0.1) is 0 Å². The number of nitrogens with one attached hydrogen (secondary N) is 1. The van der Waals surface area contributed by atoms with Crippen LogP contribution in [0.3, 0.4) is 0 Å². The number of aliphatic hydroxyl groups excluding tert-OH is 1. The highest BCUT2D eigenvalue weighted by Crippen LogP contribution is 2.16. The number of benzene rings is 1. The number of aliphatic hydroxyl groups is 1. The van der Waals surface area contributed by atoms with Crippen LogP contribution in [0.25, 0.3) is 0 Å². The summed E-state index contributed by atoms with van der Waals surface area (Å²) in [6.45, 7) is 4.74. The minimum atomic E-state index is -0.136. The summed E-state index contributed by atoms with van der Waals surface area (Å²) < 4.78 is 5.99. The van der Waals surface area contributed by atoms with E-state index < -0.39 is 0 Å². The normalized spacial score (nSPS) is 23.2. The van der Waals surface area contributed by atoms with Gasteiger partial charge in [0.25, 0.3) is 0 Å². The Morgan fingerprint density at radius 1 is 1.19 bits per heavy atom. The molecule has 1 aromatic rings. The van der Waals surface area contributed by atoms with Gasteiger partial charge in [0.05, 0.1) is 13.2 Å². The van der Waals surface area contributed by atoms with E-state index in [1.165, 1.54) is 37.9 Å². The fraction of sp³-hybridized carbons (Fsp3) is 0.579. The smallest absolute Gasteiger partial charge is 0.238 e. The molecule has 2 heterocycles. The lowest BCUT2D eigenvalue weighted by molar-refractivity contribution is -0.865. The van der Waals surface area contributed by atoms with E-state index in [2.05, 4.69) is 44.7 Å². The van der Waals surface area contributed by atoms with Crippen LogP contribution in [0.15, 0.2) is 34.4 Å². The Hall–Kier alpha value is -1.80. The number of amidine groups is 1. The number of nitrogens with zero attached hydrogens (tertiary/aromatic N) is 4. The zero-order valence-corrected chi connectivity index (χ0v) is 15.6. The Bertz CT molecular complexity index is 625. The summed E-state index contributed by atoms with van der Waals surface area (Å²) in [4.78, 5) is 6.58. The van der Waals surface area contributed by atoms with E-state index in [-0.39, 0.29) is 11.3 Å². The summed E-state index contributed by atoms with van der Waals surface area (Å²) in [6, 6.07) is 8.46. The number of ether oxygens (including phenoxy) is 1. The zero-order chi connectivity index (χ0) is 18.2. The van der Waals surface area contributed by atoms with Crippen LogP contribution in [0.4, 0.5) is 0 Å². The highest BCUT2D eigenvalue weighted by atomic mass is 16.5. The van der Waals surface area contributed by atoms with E-state index in [1.807, 2.05) is 7.05 Å². The Labute approximate surface area is 155 Å². The van der Waals surface area contributed by atoms with Crippen molar-refractivity contribution in [3.05, 3.63) is 29.8 Å². The molecule has 2 aliphatic rings. The molecule has 0 bridgehead atoms. The van der Waals surface area contributed by atoms with E-state index in [0.29, 0.717) is 12.4 Å². The summed E-state index contributed by atoms with van der Waals surface area (Å²) in [7, 11) is 1.88. The molecule has 26 heavy (non-hydrogen) atoms. The molecule has 7 heteroatoms. The maximum Gasteiger partial charge on any atom is 0.238 e. The third-order valence-corrected chi connectivity index (χ3v) is 4.70. The Morgan fingerprint density at radius 3 is 2.65 bits per heavy atom. The molecule has 2 aliphatic heterocycles. The summed E-state index contributed by atoms with van der Waals surface area (Å²) in [5.41, 5.74) is 4.62. The van der Waals surface area contributed by atoms with Crippen molar-refractivity contribution in [1.29, 1.82) is 0 Å². The van der Waals surface area contributed by atoms with Gasteiger partial charge in [-0.15, -0.1) is 5.43 Å². The number of aliphatic imine (C=N–C) groups is 1. The van der Waals surface area contributed by atoms with Gasteiger partial charge in [-0.3, -0.25) is 4.90 Å². The molecule has 0 radical (unpaired) electrons. The van der Waals surface area contributed by atoms with Gasteiger partial charge in [-0.1, -0.05) is 23.3 Å². The summed E-state index contributed by atoms with van der Waals surface area (Å²) in [5, 5.41) is 13.3. The van der Waals surface area contributed by atoms with Crippen LogP contribution >= 0.6 is 0 Å². The number of rotatable bonds is 9. The molecule has 1 aromatic carbocycles. The Kier molecular flexibility index (Phi) is 6.73. The number of quaternary nitrogens is 1. The molecule has 3 rings (SSSR count). The van der Waals surface area contributed by atoms with Crippen LogP contribution in [0.2, 0.25) is 0 Å². The van der Waals surface area contributed by atoms with E-state index in [0.717, 1.165) is 25.3 Å². The third kappa shape index (κ3) is 5.60. The van der Waals surface area contributed by atoms with Gasteiger partial charge in [0, 0.05) is 6.54 Å². The molecular weight excluding hydrogens is 330 g/mol. The van der Waals surface area contributed by atoms with Gasteiger partial charge in [0.2, 0.25) is 12.2 Å². The first-order valence-electron chi connectivity index (χ1n) is 9.47. The van der Waals surface area contributed by atoms with Crippen molar-refractivity contribution in [3.63, 3.8) is 0 Å². The molecule has 7 nitrogen and oxygen atoms in total. The van der Waals surface area contributed by atoms with Gasteiger partial charge in [-0.2, -0.15) is 4.99 Å². The Morgan fingerprint density at radius 2 is 1.96 bits per heavy atom. The number of hydrogen-bond donors (Lipinski definition) is 2. The molecule has 0 aliphatic carbocycles. The topological polar surface area (TPSA) is 69.5 Å². The lowest BCUT2D eigenvalue weighted by Gasteiger charge is -2.26. The molecule has 1 fully saturated rings. The fourth-order valence-electron chi connectivity index (χ4n) is 3.25. The van der Waals surface area contributed by atoms with Crippen LogP contribution in [0.5, 0.6) is 5.75 Å². The first kappa shape index (κ1) is 19.0. The van der Waals surface area contributed by atoms with Crippen LogP contribution in [-0.4, -0.2) is 66.8 Å². The number of piperidine rings is 1. The summed E-state index contributed by atoms with van der Waals surface area (Å²) >= 11 is 0. The maximum atomic E-state index is 9.04. The van der Waals surface area contributed by atoms with Crippen molar-refractivity contribution in [1.82, 2.24) is 10.3 Å². The van der Waals surface area contributed by atoms with Gasteiger partial charge < -0.3 is 9.84 Å². The van der Waals surface area contributed by atoms with Crippen LogP contribution in [0.1, 0.15) is 31.2 Å². The predicted molar refractivity (Wildman–Crippen MR) is 103 cm³/mol. The average Bonchev–Trinajstić information content (AvgIpc) is 3.05. The number of hydrogen-bond acceptors (Lipinski definition) is 6. The molecular formula is C19H30N5O2+. The quantitative estimate of drug-likeness (QED) is 0.520. The van der Waals surface area contributed by atoms with Crippen molar-refractivity contribution in [3.8, 4) is 5.75 Å². The van der Waals surface area contributed by atoms with Crippen LogP contribution in [-0.2, 0) is 6.54 Å². The van der Waals surface area contributed by atoms with Crippen molar-refractivity contribution in [2.75, 3.05) is 39.9 Å². The van der Waals surface area contributed by atoms with Crippen molar-refractivity contribution in [2.24, 2.45) is 10.1 Å². The molecule has 2 N–H and O–H groups in total. The summed E-state index contributed by atoms with van der Waals surface area (Å²) in [6.07, 6.45) is 6.56. The molecule has 0 spiro atoms. The molecule has 1 atom stereocenters. The lowest BCUT2D eigenvalue weighted by atomic mass is 10.1. The SMILES string of the molecule is C[N+]1(NCCCOc2ccc(CN3CCCCC3)cc2)C=NC(CO)=N1. The van der Waals surface area contributed by atoms with Gasteiger partial charge in [0.1, 0.15) is 19.4 Å². The molecule has 0 saturated carbocycles. The van der Waals surface area contributed by atoms with Crippen molar-refractivity contribution >= 4 is 12.2 Å². The minimum Gasteiger partial charge on any atom is -0.494 e. The van der Waals surface area contributed by atoms with E-state index >= 15 is 0 Å². The summed E-state index contributed by atoms with van der Waals surface area (Å²) in [5.74, 6) is 1.36. The molecule has 0 amide bonds. The Balaban J connectivity index is 1.33. The molecule has 1 unspecified atom stereocenters. The van der Waals surface area contributed by atoms with Gasteiger partial charge in [0.15, 0.2) is 0 Å². The first-order valence-corrected chi connectivity index (χ1v) is 9.47. The van der Waals surface area contributed by atoms with Gasteiger partial charge in [-0.25, -0.2) is 0 Å². The average molecular weight is 360 g/mol. The van der Waals surface area contributed by atoms with Gasteiger partial charge in [-0.05, 0) is 55.1 Å². The van der Waals surface area contributed by atoms with Crippen LogP contribution < -0.4 is 10.2 Å². The second-order valence-corrected chi connectivity index (χ2v) is 7.04. The second-order valence-electron chi connectivity index (χ2n) is 7.04. The second kappa shape index (κ2) is 9.23. The molecule has 142 valence electrons. The van der Waals surface area contributed by atoms with Crippen molar-refractivity contribution in [2.45, 2.75) is 32.2 Å². The predicted octanol–water partition coefficient (Wildman–Crippen LogP) is 1.74. The lowest BCUT2D eigenvalue weighted by Crippen LogP contribution is -2.48. The highest BCUT2D eigenvalue weighted by Gasteiger charge is 2.25. The standard InChI is InChI=1S/C19H30N5O2/c1-24(16-20-19(15-25)22-24)21-10-5-13-26-18-8-6-17(7-9-18)14-23-11-3-2-4-12-23/h6-9,16,21,25H,2-5,10-15H2,1H3/q+1. The van der Waals surface area contributed by atoms with E-state index in [4.69, 9.17) is 9.84 Å². The monoisotopic (exact) mass is 360 g/mol. The maximum absolute atomic E-state index is 9.04. The molecule has 1 saturated heterocycles. The minimum absolute atomic E-state index is 0.136. The zero-order valence-electron chi connectivity index (χ0n) is 15.6. The third-order valence-electron chi connectivity index (χ3n) is 4.70. The van der Waals surface area contributed by atoms with E-state index in [9.17, 15) is 0 Å². The van der Waals surface area contributed by atoms with E-state index in [1.54, 1.807) is 6.34 Å². The molecule has 0 aromatic heterocycles. The number of likely N-dealkylation sites (tertiary alicyclic amines) is 1. The van der Waals surface area contributed by atoms with Gasteiger partial charge >= 0.3 is 0 Å². The fourth-order valence-corrected chi connectivity index (χ4v) is 3.25.